The molecule has 108 valence electrons. The average molecular weight is 269 g/mol. The molecule has 3 aliphatic rings. The van der Waals surface area contributed by atoms with Gasteiger partial charge in [0.25, 0.3) is 0 Å². The molecule has 3 rings (SSSR count). The second-order valence-electron chi connectivity index (χ2n) is 5.29. The molecule has 19 heavy (non-hydrogen) atoms. The topological polar surface area (TPSA) is 37.4 Å². The molecule has 0 unspecified atom stereocenters. The molecular formula is C12H24BN3O3. The van der Waals surface area contributed by atoms with Crippen molar-refractivity contribution >= 4 is 7.12 Å². The van der Waals surface area contributed by atoms with Crippen molar-refractivity contribution in [3.8, 4) is 0 Å². The zero-order valence-corrected chi connectivity index (χ0v) is 11.6. The van der Waals surface area contributed by atoms with Gasteiger partial charge in [0.1, 0.15) is 0 Å². The minimum atomic E-state index is 0.400. The first kappa shape index (κ1) is 13.8. The third kappa shape index (κ3) is 3.48. The van der Waals surface area contributed by atoms with Crippen LogP contribution in [0.5, 0.6) is 0 Å². The van der Waals surface area contributed by atoms with Crippen molar-refractivity contribution in [3.63, 3.8) is 0 Å². The maximum absolute atomic E-state index is 5.50. The predicted octanol–water partition coefficient (Wildman–Crippen LogP) is -1.03. The van der Waals surface area contributed by atoms with Gasteiger partial charge in [-0.15, -0.1) is 0 Å². The molecule has 0 N–H and O–H groups in total. The first-order chi connectivity index (χ1) is 9.45. The molecule has 0 bridgehead atoms. The third-order valence-electron chi connectivity index (χ3n) is 4.12. The summed E-state index contributed by atoms with van der Waals surface area (Å²) in [6.07, 6.45) is 0. The van der Waals surface area contributed by atoms with E-state index in [0.29, 0.717) is 7.12 Å². The smallest absolute Gasteiger partial charge is 0.379 e. The van der Waals surface area contributed by atoms with Crippen LogP contribution in [0.4, 0.5) is 0 Å². The third-order valence-corrected chi connectivity index (χ3v) is 4.12. The highest BCUT2D eigenvalue weighted by atomic mass is 16.5. The quantitative estimate of drug-likeness (QED) is 0.610. The van der Waals surface area contributed by atoms with Gasteiger partial charge in [0.2, 0.25) is 0 Å². The lowest BCUT2D eigenvalue weighted by atomic mass is 9.81. The molecule has 3 saturated heterocycles. The minimum Gasteiger partial charge on any atom is -0.379 e. The maximum Gasteiger partial charge on any atom is 0.403 e. The summed E-state index contributed by atoms with van der Waals surface area (Å²) in [7, 11) is 0.400. The molecule has 3 heterocycles. The van der Waals surface area contributed by atoms with Gasteiger partial charge in [-0.05, 0) is 0 Å². The molecule has 0 aromatic heterocycles. The second-order valence-corrected chi connectivity index (χ2v) is 5.29. The molecule has 0 radical (unpaired) electrons. The second kappa shape index (κ2) is 7.01. The number of morpholine rings is 3. The lowest BCUT2D eigenvalue weighted by molar-refractivity contribution is 0.0243. The molecule has 3 fully saturated rings. The van der Waals surface area contributed by atoms with Gasteiger partial charge >= 0.3 is 7.12 Å². The highest BCUT2D eigenvalue weighted by Gasteiger charge is 2.38. The van der Waals surface area contributed by atoms with Gasteiger partial charge in [-0.3, -0.25) is 0 Å². The molecule has 0 saturated carbocycles. The van der Waals surface area contributed by atoms with E-state index in [2.05, 4.69) is 14.4 Å². The van der Waals surface area contributed by atoms with E-state index >= 15 is 0 Å². The van der Waals surface area contributed by atoms with Crippen molar-refractivity contribution < 1.29 is 14.2 Å². The van der Waals surface area contributed by atoms with Crippen molar-refractivity contribution in [1.29, 1.82) is 0 Å². The van der Waals surface area contributed by atoms with E-state index in [-0.39, 0.29) is 0 Å². The summed E-state index contributed by atoms with van der Waals surface area (Å²) in [4.78, 5) is 7.67. The van der Waals surface area contributed by atoms with Crippen LogP contribution in [-0.4, -0.2) is 100 Å². The van der Waals surface area contributed by atoms with Crippen LogP contribution in [-0.2, 0) is 14.2 Å². The van der Waals surface area contributed by atoms with Crippen molar-refractivity contribution in [2.75, 3.05) is 78.9 Å². The van der Waals surface area contributed by atoms with E-state index in [4.69, 9.17) is 14.2 Å². The van der Waals surface area contributed by atoms with Gasteiger partial charge in [0.05, 0.1) is 39.6 Å². The number of rotatable bonds is 3. The van der Waals surface area contributed by atoms with Crippen LogP contribution in [0.2, 0.25) is 0 Å². The molecule has 0 spiro atoms. The number of ether oxygens (including phenoxy) is 3. The van der Waals surface area contributed by atoms with Crippen molar-refractivity contribution in [2.24, 2.45) is 0 Å². The van der Waals surface area contributed by atoms with E-state index < -0.39 is 0 Å². The zero-order chi connectivity index (χ0) is 12.9. The Hall–Kier alpha value is -0.175. The van der Waals surface area contributed by atoms with Gasteiger partial charge in [-0.1, -0.05) is 0 Å². The first-order valence-corrected chi connectivity index (χ1v) is 7.40. The number of hydrogen-bond donors (Lipinski definition) is 0. The molecule has 0 aromatic carbocycles. The van der Waals surface area contributed by atoms with E-state index in [9.17, 15) is 0 Å². The van der Waals surface area contributed by atoms with Crippen LogP contribution >= 0.6 is 0 Å². The predicted molar refractivity (Wildman–Crippen MR) is 72.9 cm³/mol. The molecular weight excluding hydrogens is 245 g/mol. The van der Waals surface area contributed by atoms with Gasteiger partial charge in [-0.2, -0.15) is 0 Å². The van der Waals surface area contributed by atoms with Crippen molar-refractivity contribution in [2.45, 2.75) is 0 Å². The SMILES string of the molecule is C1CN(B(N2CCOCC2)N2CCOCC2)CCO1. The van der Waals surface area contributed by atoms with Crippen LogP contribution in [0.15, 0.2) is 0 Å². The van der Waals surface area contributed by atoms with Crippen LogP contribution in [0.25, 0.3) is 0 Å². The highest BCUT2D eigenvalue weighted by molar-refractivity contribution is 6.49. The molecule has 0 aromatic rings. The van der Waals surface area contributed by atoms with E-state index in [1.807, 2.05) is 0 Å². The fourth-order valence-corrected chi connectivity index (χ4v) is 3.12. The minimum absolute atomic E-state index is 0.400. The standard InChI is InChI=1S/C12H24BN3O3/c1-7-17-8-2-14(1)13(15-3-9-18-10-4-15)16-5-11-19-12-6-16/h1-12H2. The van der Waals surface area contributed by atoms with Crippen LogP contribution in [0, 0.1) is 0 Å². The Morgan fingerprint density at radius 1 is 0.474 bits per heavy atom. The Kier molecular flexibility index (Phi) is 5.09. The molecule has 0 aliphatic carbocycles. The summed E-state index contributed by atoms with van der Waals surface area (Å²) >= 11 is 0. The summed E-state index contributed by atoms with van der Waals surface area (Å²) in [6.45, 7) is 11.3. The normalized spacial score (nSPS) is 28.4. The van der Waals surface area contributed by atoms with E-state index in [1.165, 1.54) is 0 Å². The first-order valence-electron chi connectivity index (χ1n) is 7.40. The molecule has 0 atom stereocenters. The Balaban J connectivity index is 1.68. The fourth-order valence-electron chi connectivity index (χ4n) is 3.12. The number of nitrogens with zero attached hydrogens (tertiary/aromatic N) is 3. The Morgan fingerprint density at radius 3 is 1.00 bits per heavy atom. The highest BCUT2D eigenvalue weighted by Crippen LogP contribution is 2.13. The molecule has 6 nitrogen and oxygen atoms in total. The van der Waals surface area contributed by atoms with Crippen molar-refractivity contribution in [3.05, 3.63) is 0 Å². The largest absolute Gasteiger partial charge is 0.403 e. The molecule has 7 heteroatoms. The van der Waals surface area contributed by atoms with Gasteiger partial charge in [0, 0.05) is 39.3 Å². The summed E-state index contributed by atoms with van der Waals surface area (Å²) in [5.74, 6) is 0. The van der Waals surface area contributed by atoms with Gasteiger partial charge in [0.15, 0.2) is 0 Å². The lowest BCUT2D eigenvalue weighted by Crippen LogP contribution is -2.68. The molecule has 3 aliphatic heterocycles. The van der Waals surface area contributed by atoms with Crippen LogP contribution in [0.1, 0.15) is 0 Å². The monoisotopic (exact) mass is 269 g/mol. The summed E-state index contributed by atoms with van der Waals surface area (Å²) < 4.78 is 16.5. The van der Waals surface area contributed by atoms with Gasteiger partial charge < -0.3 is 28.6 Å². The Bertz CT molecular complexity index is 224. The van der Waals surface area contributed by atoms with Crippen LogP contribution < -0.4 is 0 Å². The average Bonchev–Trinajstić information content (AvgIpc) is 2.51. The van der Waals surface area contributed by atoms with E-state index in [0.717, 1.165) is 78.9 Å². The summed E-state index contributed by atoms with van der Waals surface area (Å²) in [6, 6.07) is 0. The maximum atomic E-state index is 5.50. The van der Waals surface area contributed by atoms with Crippen molar-refractivity contribution in [1.82, 2.24) is 14.4 Å². The number of hydrogen-bond acceptors (Lipinski definition) is 6. The summed E-state index contributed by atoms with van der Waals surface area (Å²) in [5, 5.41) is 0. The fraction of sp³-hybridized carbons (Fsp3) is 1.00. The zero-order valence-electron chi connectivity index (χ0n) is 11.6. The van der Waals surface area contributed by atoms with E-state index in [1.54, 1.807) is 0 Å². The lowest BCUT2D eigenvalue weighted by Gasteiger charge is -2.45. The molecule has 0 amide bonds. The van der Waals surface area contributed by atoms with Crippen LogP contribution in [0.3, 0.4) is 0 Å². The van der Waals surface area contributed by atoms with Gasteiger partial charge in [-0.25, -0.2) is 0 Å². The Morgan fingerprint density at radius 2 is 0.737 bits per heavy atom. The summed E-state index contributed by atoms with van der Waals surface area (Å²) in [5.41, 5.74) is 0. The Labute approximate surface area is 115 Å².